The molecule has 0 fully saturated rings. The van der Waals surface area contributed by atoms with Crippen molar-refractivity contribution < 1.29 is 14.8 Å². The monoisotopic (exact) mass is 312 g/mol. The summed E-state index contributed by atoms with van der Waals surface area (Å²) < 4.78 is 0. The third-order valence-corrected chi connectivity index (χ3v) is 3.70. The number of hydrogen-bond acceptors (Lipinski definition) is 5. The first kappa shape index (κ1) is 14.3. The molecule has 0 aliphatic carbocycles. The van der Waals surface area contributed by atoms with Gasteiger partial charge >= 0.3 is 5.97 Å². The average Bonchev–Trinajstić information content (AvgIpc) is 2.88. The summed E-state index contributed by atoms with van der Waals surface area (Å²) in [4.78, 5) is 22.2. The molecule has 0 saturated heterocycles. The summed E-state index contributed by atoms with van der Waals surface area (Å²) in [6.07, 6.45) is 0. The first-order valence-electron chi connectivity index (χ1n) is 5.45. The third-order valence-electron chi connectivity index (χ3n) is 2.53. The van der Waals surface area contributed by atoms with Gasteiger partial charge in [0.25, 0.3) is 5.69 Å². The van der Waals surface area contributed by atoms with Crippen LogP contribution in [-0.4, -0.2) is 16.0 Å². The Bertz CT molecular complexity index is 645. The summed E-state index contributed by atoms with van der Waals surface area (Å²) in [5.74, 6) is -1.12. The number of nitro groups is 1. The Morgan fingerprint density at radius 3 is 2.75 bits per heavy atom. The van der Waals surface area contributed by atoms with Gasteiger partial charge in [0, 0.05) is 16.0 Å². The van der Waals surface area contributed by atoms with Crippen LogP contribution in [0.2, 0.25) is 5.02 Å². The van der Waals surface area contributed by atoms with Crippen molar-refractivity contribution in [2.45, 2.75) is 6.04 Å². The molecule has 0 aliphatic heterocycles. The zero-order valence-corrected chi connectivity index (χ0v) is 11.5. The van der Waals surface area contributed by atoms with Crippen LogP contribution < -0.4 is 5.32 Å². The molecule has 1 heterocycles. The minimum atomic E-state index is -1.12. The summed E-state index contributed by atoms with van der Waals surface area (Å²) >= 11 is 7.05. The van der Waals surface area contributed by atoms with Gasteiger partial charge in [-0.05, 0) is 23.6 Å². The second-order valence-corrected chi connectivity index (χ2v) is 5.27. The van der Waals surface area contributed by atoms with Crippen molar-refractivity contribution in [3.8, 4) is 0 Å². The fourth-order valence-corrected chi connectivity index (χ4v) is 2.59. The van der Waals surface area contributed by atoms with Gasteiger partial charge in [-0.2, -0.15) is 0 Å². The number of hydrogen-bond donors (Lipinski definition) is 2. The van der Waals surface area contributed by atoms with Gasteiger partial charge in [-0.25, -0.2) is 4.79 Å². The fraction of sp³-hybridized carbons (Fsp3) is 0.0833. The molecule has 6 nitrogen and oxygen atoms in total. The van der Waals surface area contributed by atoms with E-state index >= 15 is 0 Å². The quantitative estimate of drug-likeness (QED) is 0.650. The molecule has 0 aliphatic rings. The fourth-order valence-electron chi connectivity index (χ4n) is 1.65. The molecule has 0 bridgehead atoms. The predicted octanol–water partition coefficient (Wildman–Crippen LogP) is 3.55. The van der Waals surface area contributed by atoms with E-state index in [0.717, 1.165) is 0 Å². The molecular weight excluding hydrogens is 304 g/mol. The third kappa shape index (κ3) is 3.06. The Morgan fingerprint density at radius 1 is 1.45 bits per heavy atom. The number of carbonyl (C=O) groups is 1. The molecule has 20 heavy (non-hydrogen) atoms. The Labute approximate surface area is 122 Å². The summed E-state index contributed by atoms with van der Waals surface area (Å²) in [6, 6.07) is 6.25. The van der Waals surface area contributed by atoms with E-state index in [4.69, 9.17) is 11.6 Å². The highest BCUT2D eigenvalue weighted by molar-refractivity contribution is 7.10. The highest BCUT2D eigenvalue weighted by atomic mass is 35.5. The maximum atomic E-state index is 11.3. The lowest BCUT2D eigenvalue weighted by Gasteiger charge is -2.14. The van der Waals surface area contributed by atoms with Crippen LogP contribution in [0.15, 0.2) is 35.7 Å². The van der Waals surface area contributed by atoms with Crippen molar-refractivity contribution in [3.63, 3.8) is 0 Å². The molecule has 1 atom stereocenters. The number of thiophene rings is 1. The summed E-state index contributed by atoms with van der Waals surface area (Å²) in [6.45, 7) is 0. The van der Waals surface area contributed by atoms with Crippen molar-refractivity contribution >= 4 is 40.3 Å². The van der Waals surface area contributed by atoms with Crippen LogP contribution in [0.25, 0.3) is 0 Å². The molecule has 0 spiro atoms. The predicted molar refractivity (Wildman–Crippen MR) is 76.4 cm³/mol. The van der Waals surface area contributed by atoms with Gasteiger partial charge in [-0.1, -0.05) is 17.7 Å². The van der Waals surface area contributed by atoms with Crippen molar-refractivity contribution in [2.24, 2.45) is 0 Å². The second kappa shape index (κ2) is 5.89. The smallest absolute Gasteiger partial charge is 0.331 e. The van der Waals surface area contributed by atoms with Crippen molar-refractivity contribution in [3.05, 3.63) is 55.7 Å². The molecule has 2 N–H and O–H groups in total. The number of aliphatic carboxylic acids is 1. The van der Waals surface area contributed by atoms with Gasteiger partial charge in [0.15, 0.2) is 6.04 Å². The molecule has 2 rings (SSSR count). The van der Waals surface area contributed by atoms with Crippen molar-refractivity contribution in [1.82, 2.24) is 0 Å². The van der Waals surface area contributed by atoms with Crippen LogP contribution in [0.5, 0.6) is 0 Å². The van der Waals surface area contributed by atoms with E-state index in [9.17, 15) is 20.0 Å². The topological polar surface area (TPSA) is 92.5 Å². The molecule has 0 saturated carbocycles. The molecule has 8 heteroatoms. The summed E-state index contributed by atoms with van der Waals surface area (Å²) in [5.41, 5.74) is -0.152. The van der Waals surface area contributed by atoms with Crippen molar-refractivity contribution in [2.75, 3.05) is 5.32 Å². The minimum absolute atomic E-state index is 0.0725. The van der Waals surface area contributed by atoms with Crippen LogP contribution in [0, 0.1) is 10.1 Å². The van der Waals surface area contributed by atoms with Gasteiger partial charge in [0.05, 0.1) is 4.92 Å². The number of benzene rings is 1. The van der Waals surface area contributed by atoms with Crippen LogP contribution >= 0.6 is 22.9 Å². The number of rotatable bonds is 5. The van der Waals surface area contributed by atoms with Crippen LogP contribution in [0.3, 0.4) is 0 Å². The molecular formula is C12H9ClN2O4S. The number of nitrogens with zero attached hydrogens (tertiary/aromatic N) is 1. The molecule has 1 aromatic heterocycles. The number of carboxylic acid groups (broad SMARTS) is 1. The zero-order chi connectivity index (χ0) is 14.7. The highest BCUT2D eigenvalue weighted by Gasteiger charge is 2.24. The van der Waals surface area contributed by atoms with E-state index in [0.29, 0.717) is 4.88 Å². The van der Waals surface area contributed by atoms with Crippen LogP contribution in [0.4, 0.5) is 11.4 Å². The van der Waals surface area contributed by atoms with E-state index in [-0.39, 0.29) is 16.4 Å². The van der Waals surface area contributed by atoms with Gasteiger partial charge in [-0.3, -0.25) is 10.1 Å². The lowest BCUT2D eigenvalue weighted by atomic mass is 10.2. The zero-order valence-electron chi connectivity index (χ0n) is 9.95. The molecule has 0 radical (unpaired) electrons. The van der Waals surface area contributed by atoms with E-state index in [1.165, 1.54) is 29.5 Å². The Balaban J connectivity index is 2.38. The molecule has 1 aromatic carbocycles. The lowest BCUT2D eigenvalue weighted by Crippen LogP contribution is -2.20. The highest BCUT2D eigenvalue weighted by Crippen LogP contribution is 2.32. The van der Waals surface area contributed by atoms with Crippen molar-refractivity contribution in [1.29, 1.82) is 0 Å². The normalized spacial score (nSPS) is 11.8. The van der Waals surface area contributed by atoms with Gasteiger partial charge < -0.3 is 10.4 Å². The number of carboxylic acids is 1. The number of nitro benzene ring substituents is 1. The maximum Gasteiger partial charge on any atom is 0.331 e. The minimum Gasteiger partial charge on any atom is -0.479 e. The lowest BCUT2D eigenvalue weighted by molar-refractivity contribution is -0.384. The maximum absolute atomic E-state index is 11.3. The largest absolute Gasteiger partial charge is 0.479 e. The SMILES string of the molecule is O=C(O)C(Nc1cc(Cl)ccc1[N+](=O)[O-])c1cccs1. The number of halogens is 1. The van der Waals surface area contributed by atoms with Crippen LogP contribution in [0.1, 0.15) is 10.9 Å². The van der Waals surface area contributed by atoms with Gasteiger partial charge in [0.2, 0.25) is 0 Å². The summed E-state index contributed by atoms with van der Waals surface area (Å²) in [7, 11) is 0. The van der Waals surface area contributed by atoms with Crippen LogP contribution in [-0.2, 0) is 4.79 Å². The summed E-state index contributed by atoms with van der Waals surface area (Å²) in [5, 5.41) is 24.9. The average molecular weight is 313 g/mol. The van der Waals surface area contributed by atoms with E-state index < -0.39 is 16.9 Å². The molecule has 0 amide bonds. The Hall–Kier alpha value is -2.12. The van der Waals surface area contributed by atoms with E-state index in [1.807, 2.05) is 0 Å². The first-order valence-corrected chi connectivity index (χ1v) is 6.71. The Morgan fingerprint density at radius 2 is 2.20 bits per heavy atom. The second-order valence-electron chi connectivity index (χ2n) is 3.85. The first-order chi connectivity index (χ1) is 9.49. The van der Waals surface area contributed by atoms with Gasteiger partial charge in [0.1, 0.15) is 5.69 Å². The number of anilines is 1. The standard InChI is InChI=1S/C12H9ClN2O4S/c13-7-3-4-9(15(18)19)8(6-7)14-11(12(16)17)10-2-1-5-20-10/h1-6,11,14H,(H,16,17). The van der Waals surface area contributed by atoms with E-state index in [2.05, 4.69) is 5.32 Å². The molecule has 104 valence electrons. The van der Waals surface area contributed by atoms with Gasteiger partial charge in [-0.15, -0.1) is 11.3 Å². The molecule has 2 aromatic rings. The number of nitrogens with one attached hydrogen (secondary N) is 1. The molecule has 1 unspecified atom stereocenters. The Kier molecular flexibility index (Phi) is 4.21. The van der Waals surface area contributed by atoms with E-state index in [1.54, 1.807) is 17.5 Å².